The molecular formula is C8H16N2O. The molecule has 0 saturated carbocycles. The lowest BCUT2D eigenvalue weighted by Crippen LogP contribution is -2.37. The van der Waals surface area contributed by atoms with Gasteiger partial charge in [0, 0.05) is 12.6 Å². The number of hydrogen-bond donors (Lipinski definition) is 1. The number of nitrogens with one attached hydrogen (secondary N) is 1. The van der Waals surface area contributed by atoms with Crippen LogP contribution in [0.4, 0.5) is 0 Å². The molecule has 1 N–H and O–H groups in total. The topological polar surface area (TPSA) is 32.3 Å². The smallest absolute Gasteiger partial charge is 0.207 e. The molecule has 1 fully saturated rings. The van der Waals surface area contributed by atoms with E-state index in [1.807, 2.05) is 0 Å². The van der Waals surface area contributed by atoms with Crippen molar-refractivity contribution in [2.75, 3.05) is 19.6 Å². The summed E-state index contributed by atoms with van der Waals surface area (Å²) in [4.78, 5) is 12.4. The normalized spacial score (nSPS) is 25.4. The summed E-state index contributed by atoms with van der Waals surface area (Å²) in [5, 5.41) is 2.73. The van der Waals surface area contributed by atoms with E-state index in [-0.39, 0.29) is 0 Å². The van der Waals surface area contributed by atoms with Gasteiger partial charge in [0.05, 0.1) is 0 Å². The van der Waals surface area contributed by atoms with Crippen molar-refractivity contribution in [2.45, 2.75) is 25.8 Å². The van der Waals surface area contributed by atoms with Crippen LogP contribution in [0, 0.1) is 0 Å². The maximum absolute atomic E-state index is 10.0. The van der Waals surface area contributed by atoms with Crippen molar-refractivity contribution in [1.82, 2.24) is 10.2 Å². The van der Waals surface area contributed by atoms with E-state index < -0.39 is 0 Å². The highest BCUT2D eigenvalue weighted by Gasteiger charge is 2.21. The van der Waals surface area contributed by atoms with Gasteiger partial charge in [0.15, 0.2) is 0 Å². The Morgan fingerprint density at radius 1 is 1.73 bits per heavy atom. The lowest BCUT2D eigenvalue weighted by atomic mass is 10.2. The van der Waals surface area contributed by atoms with Gasteiger partial charge in [0.1, 0.15) is 0 Å². The lowest BCUT2D eigenvalue weighted by molar-refractivity contribution is -0.109. The molecule has 3 heteroatoms. The van der Waals surface area contributed by atoms with Crippen LogP contribution in [0.1, 0.15) is 19.8 Å². The second kappa shape index (κ2) is 4.34. The highest BCUT2D eigenvalue weighted by atomic mass is 16.1. The van der Waals surface area contributed by atoms with E-state index in [0.29, 0.717) is 6.04 Å². The average Bonchev–Trinajstić information content (AvgIpc) is 2.47. The van der Waals surface area contributed by atoms with Crippen LogP contribution in [-0.2, 0) is 4.79 Å². The van der Waals surface area contributed by atoms with Crippen LogP contribution in [0.3, 0.4) is 0 Å². The summed E-state index contributed by atoms with van der Waals surface area (Å²) in [5.74, 6) is 0. The molecule has 3 nitrogen and oxygen atoms in total. The van der Waals surface area contributed by atoms with Gasteiger partial charge in [-0.05, 0) is 25.9 Å². The number of carbonyl (C=O) groups is 1. The predicted molar refractivity (Wildman–Crippen MR) is 44.3 cm³/mol. The summed E-state index contributed by atoms with van der Waals surface area (Å²) in [5.41, 5.74) is 0. The SMILES string of the molecule is CCN1CCCC1CNC=O. The van der Waals surface area contributed by atoms with E-state index in [1.165, 1.54) is 19.4 Å². The molecule has 11 heavy (non-hydrogen) atoms. The number of likely N-dealkylation sites (N-methyl/N-ethyl adjacent to an activating group) is 1. The van der Waals surface area contributed by atoms with Crippen LogP contribution in [0.2, 0.25) is 0 Å². The van der Waals surface area contributed by atoms with Crippen molar-refractivity contribution in [3.05, 3.63) is 0 Å². The van der Waals surface area contributed by atoms with Crippen LogP contribution >= 0.6 is 0 Å². The molecule has 1 rings (SSSR count). The Hall–Kier alpha value is -0.570. The molecule has 0 aliphatic carbocycles. The Morgan fingerprint density at radius 3 is 3.18 bits per heavy atom. The first-order valence-corrected chi connectivity index (χ1v) is 4.29. The van der Waals surface area contributed by atoms with Crippen molar-refractivity contribution in [3.63, 3.8) is 0 Å². The van der Waals surface area contributed by atoms with E-state index in [0.717, 1.165) is 19.5 Å². The van der Waals surface area contributed by atoms with Gasteiger partial charge in [-0.1, -0.05) is 6.92 Å². The highest BCUT2D eigenvalue weighted by Crippen LogP contribution is 2.15. The minimum Gasteiger partial charge on any atom is -0.357 e. The van der Waals surface area contributed by atoms with Crippen LogP contribution in [-0.4, -0.2) is 37.0 Å². The third kappa shape index (κ3) is 2.19. The van der Waals surface area contributed by atoms with Crippen molar-refractivity contribution in [1.29, 1.82) is 0 Å². The van der Waals surface area contributed by atoms with E-state index in [2.05, 4.69) is 17.1 Å². The van der Waals surface area contributed by atoms with Crippen LogP contribution in [0.15, 0.2) is 0 Å². The molecule has 64 valence electrons. The van der Waals surface area contributed by atoms with Crippen molar-refractivity contribution < 1.29 is 4.79 Å². The largest absolute Gasteiger partial charge is 0.357 e. The minimum atomic E-state index is 0.588. The van der Waals surface area contributed by atoms with Crippen molar-refractivity contribution in [2.24, 2.45) is 0 Å². The third-order valence-corrected chi connectivity index (χ3v) is 2.34. The fourth-order valence-corrected chi connectivity index (χ4v) is 1.73. The Balaban J connectivity index is 2.25. The molecule has 1 atom stereocenters. The Bertz CT molecular complexity index is 127. The van der Waals surface area contributed by atoms with E-state index in [4.69, 9.17) is 0 Å². The number of nitrogens with zero attached hydrogens (tertiary/aromatic N) is 1. The predicted octanol–water partition coefficient (Wildman–Crippen LogP) is 0.217. The summed E-state index contributed by atoms with van der Waals surface area (Å²) >= 11 is 0. The summed E-state index contributed by atoms with van der Waals surface area (Å²) in [6, 6.07) is 0.588. The Morgan fingerprint density at radius 2 is 2.55 bits per heavy atom. The van der Waals surface area contributed by atoms with Gasteiger partial charge in [0.25, 0.3) is 0 Å². The fourth-order valence-electron chi connectivity index (χ4n) is 1.73. The van der Waals surface area contributed by atoms with Crippen molar-refractivity contribution >= 4 is 6.41 Å². The van der Waals surface area contributed by atoms with Gasteiger partial charge in [-0.3, -0.25) is 9.69 Å². The van der Waals surface area contributed by atoms with Crippen molar-refractivity contribution in [3.8, 4) is 0 Å². The average molecular weight is 156 g/mol. The van der Waals surface area contributed by atoms with E-state index >= 15 is 0 Å². The zero-order chi connectivity index (χ0) is 8.10. The maximum atomic E-state index is 10.0. The molecule has 1 amide bonds. The zero-order valence-electron chi connectivity index (χ0n) is 7.05. The molecule has 0 spiro atoms. The summed E-state index contributed by atoms with van der Waals surface area (Å²) in [7, 11) is 0. The van der Waals surface area contributed by atoms with Gasteiger partial charge in [-0.2, -0.15) is 0 Å². The van der Waals surface area contributed by atoms with Gasteiger partial charge in [0.2, 0.25) is 6.41 Å². The van der Waals surface area contributed by atoms with E-state index in [1.54, 1.807) is 0 Å². The number of hydrogen-bond acceptors (Lipinski definition) is 2. The molecule has 0 aromatic heterocycles. The number of carbonyl (C=O) groups excluding carboxylic acids is 1. The highest BCUT2D eigenvalue weighted by molar-refractivity contribution is 5.45. The number of rotatable bonds is 4. The van der Waals surface area contributed by atoms with Gasteiger partial charge in [-0.25, -0.2) is 0 Å². The first-order chi connectivity index (χ1) is 5.38. The third-order valence-electron chi connectivity index (χ3n) is 2.34. The zero-order valence-corrected chi connectivity index (χ0v) is 7.05. The molecule has 1 aliphatic heterocycles. The molecule has 1 saturated heterocycles. The molecule has 1 aliphatic rings. The molecule has 0 radical (unpaired) electrons. The standard InChI is InChI=1S/C8H16N2O/c1-2-10-5-3-4-8(10)6-9-7-11/h7-8H,2-6H2,1H3,(H,9,11). The molecule has 1 unspecified atom stereocenters. The number of likely N-dealkylation sites (tertiary alicyclic amines) is 1. The minimum absolute atomic E-state index is 0.588. The molecular weight excluding hydrogens is 140 g/mol. The van der Waals surface area contributed by atoms with Gasteiger partial charge < -0.3 is 5.32 Å². The summed E-state index contributed by atoms with van der Waals surface area (Å²) in [6.45, 7) is 5.28. The fraction of sp³-hybridized carbons (Fsp3) is 0.875. The summed E-state index contributed by atoms with van der Waals surface area (Å²) in [6.07, 6.45) is 3.29. The second-order valence-electron chi connectivity index (χ2n) is 2.95. The molecule has 0 aromatic carbocycles. The second-order valence-corrected chi connectivity index (χ2v) is 2.95. The quantitative estimate of drug-likeness (QED) is 0.590. The monoisotopic (exact) mass is 156 g/mol. The maximum Gasteiger partial charge on any atom is 0.207 e. The molecule has 0 bridgehead atoms. The van der Waals surface area contributed by atoms with E-state index in [9.17, 15) is 4.79 Å². The number of amides is 1. The van der Waals surface area contributed by atoms with Gasteiger partial charge in [-0.15, -0.1) is 0 Å². The molecule has 1 heterocycles. The van der Waals surface area contributed by atoms with Gasteiger partial charge >= 0.3 is 0 Å². The first kappa shape index (κ1) is 8.53. The molecule has 0 aromatic rings. The lowest BCUT2D eigenvalue weighted by Gasteiger charge is -2.21. The summed E-state index contributed by atoms with van der Waals surface area (Å²) < 4.78 is 0. The Labute approximate surface area is 67.8 Å². The first-order valence-electron chi connectivity index (χ1n) is 4.29. The van der Waals surface area contributed by atoms with Crippen LogP contribution in [0.25, 0.3) is 0 Å². The van der Waals surface area contributed by atoms with Crippen LogP contribution in [0.5, 0.6) is 0 Å². The van der Waals surface area contributed by atoms with Crippen LogP contribution < -0.4 is 5.32 Å². The Kier molecular flexibility index (Phi) is 3.36.